The van der Waals surface area contributed by atoms with E-state index in [1.165, 1.54) is 38.5 Å². The van der Waals surface area contributed by atoms with Crippen LogP contribution in [0.5, 0.6) is 0 Å². The molecule has 0 aromatic heterocycles. The summed E-state index contributed by atoms with van der Waals surface area (Å²) in [5.41, 5.74) is 0. The van der Waals surface area contributed by atoms with E-state index in [0.29, 0.717) is 17.4 Å². The molecule has 11 heteroatoms. The lowest BCUT2D eigenvalue weighted by Crippen LogP contribution is -2.37. The Bertz CT molecular complexity index is 1040. The van der Waals surface area contributed by atoms with Crippen LogP contribution in [0.1, 0.15) is 168 Å². The van der Waals surface area contributed by atoms with Crippen LogP contribution in [-0.2, 0) is 32.7 Å². The highest BCUT2D eigenvalue weighted by Gasteiger charge is 2.27. The lowest BCUT2D eigenvalue weighted by molar-refractivity contribution is -0.870. The zero-order valence-electron chi connectivity index (χ0n) is 35.1. The van der Waals surface area contributed by atoms with E-state index in [1.807, 2.05) is 39.4 Å². The third-order valence-corrected chi connectivity index (χ3v) is 9.98. The van der Waals surface area contributed by atoms with Gasteiger partial charge in [-0.2, -0.15) is 0 Å². The molecule has 3 unspecified atom stereocenters. The number of hydrogen-bond donors (Lipinski definition) is 2. The maximum absolute atomic E-state index is 12.7. The largest absolute Gasteiger partial charge is 0.472 e. The molecule has 2 N–H and O–H groups in total. The Hall–Kier alpha value is -1.81. The van der Waals surface area contributed by atoms with Crippen molar-refractivity contribution in [3.8, 4) is 0 Å². The average Bonchev–Trinajstić information content (AvgIpc) is 3.11. The number of unbranched alkanes of at least 4 members (excludes halogenated alkanes) is 17. The molecule has 0 rings (SSSR count). The summed E-state index contributed by atoms with van der Waals surface area (Å²) in [7, 11) is 1.42. The summed E-state index contributed by atoms with van der Waals surface area (Å²) in [6.45, 7) is 4.23. The fourth-order valence-electron chi connectivity index (χ4n) is 5.56. The van der Waals surface area contributed by atoms with Crippen LogP contribution in [0.4, 0.5) is 0 Å². The molecular weight excluding hydrogens is 705 g/mol. The second-order valence-corrected chi connectivity index (χ2v) is 17.0. The Morgan fingerprint density at radius 3 is 1.76 bits per heavy atom. The molecule has 0 aromatic rings. The summed E-state index contributed by atoms with van der Waals surface area (Å²) >= 11 is 0. The Balaban J connectivity index is 4.47. The molecular formula is C43H81NO9P+. The van der Waals surface area contributed by atoms with Gasteiger partial charge in [-0.05, 0) is 57.8 Å². The number of allylic oxidation sites excluding steroid dienone is 5. The minimum absolute atomic E-state index is 0.0171. The number of carbonyl (C=O) groups is 2. The summed E-state index contributed by atoms with van der Waals surface area (Å²) in [6, 6.07) is 0. The maximum atomic E-state index is 12.7. The third kappa shape index (κ3) is 38.5. The van der Waals surface area contributed by atoms with Crippen molar-refractivity contribution >= 4 is 19.8 Å². The zero-order valence-corrected chi connectivity index (χ0v) is 36.0. The standard InChI is InChI=1S/C43H80NO9P/c1-6-8-10-11-12-13-14-15-16-17-20-23-26-30-34-42(46)50-38-41(39-52-54(48,49)51-37-36-44(3,4)5)53-43(47)35-31-27-24-21-18-19-22-25-29-33-40(45)32-28-9-7-2/h14-15,22,25,29,33,40-41,45H,6-13,16-21,23-24,26-28,30-32,34-39H2,1-5H3/p+1/b15-14-,25-22-,33-29+. The first-order valence-electron chi connectivity index (χ1n) is 21.3. The molecule has 3 atom stereocenters. The smallest absolute Gasteiger partial charge is 0.462 e. The van der Waals surface area contributed by atoms with Gasteiger partial charge in [0.05, 0.1) is 33.9 Å². The molecule has 0 saturated heterocycles. The molecule has 10 nitrogen and oxygen atoms in total. The predicted molar refractivity (Wildman–Crippen MR) is 221 cm³/mol. The molecule has 0 aliphatic carbocycles. The molecule has 0 spiro atoms. The van der Waals surface area contributed by atoms with Crippen LogP contribution in [0.15, 0.2) is 36.5 Å². The van der Waals surface area contributed by atoms with Crippen molar-refractivity contribution in [2.24, 2.45) is 0 Å². The van der Waals surface area contributed by atoms with Gasteiger partial charge in [0, 0.05) is 12.8 Å². The van der Waals surface area contributed by atoms with Gasteiger partial charge in [0.1, 0.15) is 19.8 Å². The number of nitrogens with zero attached hydrogens (tertiary/aromatic N) is 1. The highest BCUT2D eigenvalue weighted by atomic mass is 31.2. The van der Waals surface area contributed by atoms with Crippen LogP contribution in [0.2, 0.25) is 0 Å². The molecule has 0 heterocycles. The van der Waals surface area contributed by atoms with E-state index in [-0.39, 0.29) is 32.2 Å². The third-order valence-electron chi connectivity index (χ3n) is 9.00. The van der Waals surface area contributed by atoms with Crippen LogP contribution in [0.25, 0.3) is 0 Å². The van der Waals surface area contributed by atoms with E-state index in [9.17, 15) is 24.2 Å². The monoisotopic (exact) mass is 787 g/mol. The second-order valence-electron chi connectivity index (χ2n) is 15.6. The molecule has 316 valence electrons. The summed E-state index contributed by atoms with van der Waals surface area (Å²) in [4.78, 5) is 35.3. The quantitative estimate of drug-likeness (QED) is 0.0157. The molecule has 0 aliphatic heterocycles. The van der Waals surface area contributed by atoms with E-state index in [4.69, 9.17) is 18.5 Å². The van der Waals surface area contributed by atoms with Crippen molar-refractivity contribution < 1.29 is 47.2 Å². The van der Waals surface area contributed by atoms with Crippen LogP contribution in [-0.4, -0.2) is 86.1 Å². The minimum atomic E-state index is -4.39. The summed E-state index contributed by atoms with van der Waals surface area (Å²) < 4.78 is 34.2. The van der Waals surface area contributed by atoms with Crippen molar-refractivity contribution in [2.75, 3.05) is 47.5 Å². The van der Waals surface area contributed by atoms with E-state index in [2.05, 4.69) is 32.1 Å². The molecule has 0 bridgehead atoms. The minimum Gasteiger partial charge on any atom is -0.462 e. The normalized spacial score (nSPS) is 14.6. The summed E-state index contributed by atoms with van der Waals surface area (Å²) in [5, 5.41) is 9.93. The van der Waals surface area contributed by atoms with Crippen LogP contribution in [0.3, 0.4) is 0 Å². The van der Waals surface area contributed by atoms with Crippen molar-refractivity contribution in [1.29, 1.82) is 0 Å². The molecule has 0 saturated carbocycles. The number of phosphoric ester groups is 1. The van der Waals surface area contributed by atoms with Gasteiger partial charge in [-0.3, -0.25) is 18.6 Å². The van der Waals surface area contributed by atoms with E-state index >= 15 is 0 Å². The van der Waals surface area contributed by atoms with Gasteiger partial charge < -0.3 is 24.0 Å². The molecule has 0 aliphatic rings. The van der Waals surface area contributed by atoms with Gasteiger partial charge in [0.25, 0.3) is 0 Å². The highest BCUT2D eigenvalue weighted by molar-refractivity contribution is 7.47. The van der Waals surface area contributed by atoms with Crippen molar-refractivity contribution in [2.45, 2.75) is 180 Å². The van der Waals surface area contributed by atoms with Gasteiger partial charge in [-0.25, -0.2) is 4.57 Å². The SMILES string of the molecule is CCCCCCC/C=C\CCCCCCCC(=O)OCC(COP(=O)(O)OCC[N+](C)(C)C)OC(=O)CCCCCCC/C=C\C=C\C(O)CCCCC. The van der Waals surface area contributed by atoms with Gasteiger partial charge in [0.15, 0.2) is 6.10 Å². The maximum Gasteiger partial charge on any atom is 0.472 e. The molecule has 0 fully saturated rings. The first kappa shape index (κ1) is 52.2. The van der Waals surface area contributed by atoms with Gasteiger partial charge >= 0.3 is 19.8 Å². The van der Waals surface area contributed by atoms with E-state index < -0.39 is 32.5 Å². The van der Waals surface area contributed by atoms with Crippen LogP contribution in [0, 0.1) is 0 Å². The lowest BCUT2D eigenvalue weighted by atomic mass is 10.1. The fraction of sp³-hybridized carbons (Fsp3) is 0.814. The van der Waals surface area contributed by atoms with Gasteiger partial charge in [0.2, 0.25) is 0 Å². The molecule has 0 amide bonds. The molecule has 0 aromatic carbocycles. The van der Waals surface area contributed by atoms with Gasteiger partial charge in [-0.15, -0.1) is 0 Å². The van der Waals surface area contributed by atoms with Crippen LogP contribution >= 0.6 is 7.82 Å². The molecule has 0 radical (unpaired) electrons. The Labute approximate surface area is 330 Å². The first-order valence-corrected chi connectivity index (χ1v) is 22.8. The Morgan fingerprint density at radius 2 is 1.17 bits per heavy atom. The van der Waals surface area contributed by atoms with Crippen molar-refractivity contribution in [3.63, 3.8) is 0 Å². The topological polar surface area (TPSA) is 129 Å². The number of quaternary nitrogens is 1. The Kier molecular flexibility index (Phi) is 34.4. The summed E-state index contributed by atoms with van der Waals surface area (Å²) in [5.74, 6) is -0.859. The number of hydrogen-bond acceptors (Lipinski definition) is 8. The number of phosphoric acid groups is 1. The number of aliphatic hydroxyl groups is 1. The van der Waals surface area contributed by atoms with Crippen LogP contribution < -0.4 is 0 Å². The molecule has 54 heavy (non-hydrogen) atoms. The lowest BCUT2D eigenvalue weighted by Gasteiger charge is -2.24. The second kappa shape index (κ2) is 35.6. The van der Waals surface area contributed by atoms with E-state index in [0.717, 1.165) is 96.3 Å². The van der Waals surface area contributed by atoms with Crippen molar-refractivity contribution in [3.05, 3.63) is 36.5 Å². The Morgan fingerprint density at radius 1 is 0.648 bits per heavy atom. The average molecular weight is 787 g/mol. The van der Waals surface area contributed by atoms with Crippen molar-refractivity contribution in [1.82, 2.24) is 0 Å². The zero-order chi connectivity index (χ0) is 40.2. The van der Waals surface area contributed by atoms with Gasteiger partial charge in [-0.1, -0.05) is 134 Å². The number of esters is 2. The fourth-order valence-corrected chi connectivity index (χ4v) is 6.30. The summed E-state index contributed by atoms with van der Waals surface area (Å²) in [6.07, 6.45) is 35.1. The number of rotatable bonds is 38. The number of likely N-dealkylation sites (N-methyl/N-ethyl adjacent to an activating group) is 1. The number of carbonyl (C=O) groups excluding carboxylic acids is 2. The highest BCUT2D eigenvalue weighted by Crippen LogP contribution is 2.43. The van der Waals surface area contributed by atoms with E-state index in [1.54, 1.807) is 0 Å². The predicted octanol–water partition coefficient (Wildman–Crippen LogP) is 10.7. The number of ether oxygens (including phenoxy) is 2. The first-order chi connectivity index (χ1) is 25.9. The number of aliphatic hydroxyl groups excluding tert-OH is 1.